The first kappa shape index (κ1) is 12.3. The number of hydrogen-bond donors (Lipinski definition) is 2. The first-order valence-corrected chi connectivity index (χ1v) is 6.58. The third-order valence-corrected chi connectivity index (χ3v) is 3.86. The van der Waals surface area contributed by atoms with Gasteiger partial charge >= 0.3 is 0 Å². The molecule has 0 amide bonds. The molecule has 0 aromatic carbocycles. The zero-order chi connectivity index (χ0) is 12.4. The highest BCUT2D eigenvalue weighted by Gasteiger charge is 2.19. The second-order valence-corrected chi connectivity index (χ2v) is 5.19. The van der Waals surface area contributed by atoms with Crippen molar-refractivity contribution in [2.24, 2.45) is 12.9 Å². The Morgan fingerprint density at radius 2 is 2.35 bits per heavy atom. The number of hydrazine groups is 1. The topological polar surface area (TPSA) is 55.9 Å². The van der Waals surface area contributed by atoms with Crippen LogP contribution in [0.4, 0.5) is 0 Å². The average Bonchev–Trinajstić information content (AvgIpc) is 2.88. The summed E-state index contributed by atoms with van der Waals surface area (Å²) >= 11 is 1.74. The molecule has 0 bridgehead atoms. The maximum absolute atomic E-state index is 5.70. The van der Waals surface area contributed by atoms with Gasteiger partial charge in [-0.1, -0.05) is 6.92 Å². The summed E-state index contributed by atoms with van der Waals surface area (Å²) in [7, 11) is 1.96. The molecule has 2 heterocycles. The fraction of sp³-hybridized carbons (Fsp3) is 0.417. The van der Waals surface area contributed by atoms with E-state index >= 15 is 0 Å². The van der Waals surface area contributed by atoms with Gasteiger partial charge < -0.3 is 0 Å². The lowest BCUT2D eigenvalue weighted by molar-refractivity contribution is 0.573. The van der Waals surface area contributed by atoms with Gasteiger partial charge in [0.25, 0.3) is 0 Å². The first-order chi connectivity index (χ1) is 8.17. The Morgan fingerprint density at radius 1 is 1.59 bits per heavy atom. The predicted octanol–water partition coefficient (Wildman–Crippen LogP) is 1.91. The van der Waals surface area contributed by atoms with Crippen LogP contribution in [0.25, 0.3) is 0 Å². The lowest BCUT2D eigenvalue weighted by Gasteiger charge is -2.16. The zero-order valence-corrected chi connectivity index (χ0v) is 11.2. The van der Waals surface area contributed by atoms with Crippen LogP contribution in [-0.4, -0.2) is 9.78 Å². The highest BCUT2D eigenvalue weighted by atomic mass is 32.1. The van der Waals surface area contributed by atoms with Gasteiger partial charge in [-0.25, -0.2) is 5.43 Å². The molecule has 1 atom stereocenters. The van der Waals surface area contributed by atoms with E-state index in [0.717, 1.165) is 17.8 Å². The minimum Gasteiger partial charge on any atom is -0.271 e. The van der Waals surface area contributed by atoms with Crippen LogP contribution in [0.1, 0.15) is 34.8 Å². The second kappa shape index (κ2) is 5.00. The van der Waals surface area contributed by atoms with Crippen molar-refractivity contribution in [1.29, 1.82) is 0 Å². The van der Waals surface area contributed by atoms with Crippen molar-refractivity contribution in [3.63, 3.8) is 0 Å². The predicted molar refractivity (Wildman–Crippen MR) is 70.8 cm³/mol. The van der Waals surface area contributed by atoms with Crippen molar-refractivity contribution in [2.45, 2.75) is 26.3 Å². The molecule has 2 rings (SSSR count). The molecule has 2 aromatic rings. The highest BCUT2D eigenvalue weighted by Crippen LogP contribution is 2.27. The normalized spacial score (nSPS) is 12.9. The molecule has 0 saturated carbocycles. The van der Waals surface area contributed by atoms with E-state index < -0.39 is 0 Å². The van der Waals surface area contributed by atoms with Crippen LogP contribution in [0.5, 0.6) is 0 Å². The number of thiophene rings is 1. The maximum atomic E-state index is 5.70. The van der Waals surface area contributed by atoms with E-state index in [1.807, 2.05) is 11.7 Å². The number of aromatic nitrogens is 2. The Kier molecular flexibility index (Phi) is 3.61. The van der Waals surface area contributed by atoms with Crippen molar-refractivity contribution in [3.8, 4) is 0 Å². The molecule has 0 aliphatic rings. The van der Waals surface area contributed by atoms with Crippen molar-refractivity contribution < 1.29 is 0 Å². The van der Waals surface area contributed by atoms with Gasteiger partial charge in [-0.15, -0.1) is 11.3 Å². The molecular formula is C12H18N4S. The number of aryl methyl sites for hydroxylation is 3. The summed E-state index contributed by atoms with van der Waals surface area (Å²) in [5, 5.41) is 6.55. The molecule has 17 heavy (non-hydrogen) atoms. The van der Waals surface area contributed by atoms with Crippen molar-refractivity contribution in [1.82, 2.24) is 15.2 Å². The number of rotatable bonds is 4. The van der Waals surface area contributed by atoms with E-state index in [2.05, 4.69) is 41.9 Å². The fourth-order valence-corrected chi connectivity index (χ4v) is 2.76. The van der Waals surface area contributed by atoms with E-state index in [0.29, 0.717) is 0 Å². The van der Waals surface area contributed by atoms with Gasteiger partial charge in [0.2, 0.25) is 0 Å². The summed E-state index contributed by atoms with van der Waals surface area (Å²) in [6.45, 7) is 4.22. The molecular weight excluding hydrogens is 232 g/mol. The molecule has 0 saturated heterocycles. The molecule has 1 unspecified atom stereocenters. The van der Waals surface area contributed by atoms with E-state index in [9.17, 15) is 0 Å². The second-order valence-electron chi connectivity index (χ2n) is 4.07. The third-order valence-electron chi connectivity index (χ3n) is 3.00. The average molecular weight is 250 g/mol. The third kappa shape index (κ3) is 2.26. The number of nitrogens with one attached hydrogen (secondary N) is 1. The number of hydrogen-bond acceptors (Lipinski definition) is 4. The largest absolute Gasteiger partial charge is 0.271 e. The molecule has 5 heteroatoms. The maximum Gasteiger partial charge on any atom is 0.0888 e. The summed E-state index contributed by atoms with van der Waals surface area (Å²) < 4.78 is 1.90. The summed E-state index contributed by atoms with van der Waals surface area (Å²) in [4.78, 5) is 1.28. The molecule has 0 aliphatic carbocycles. The zero-order valence-electron chi connectivity index (χ0n) is 10.4. The highest BCUT2D eigenvalue weighted by molar-refractivity contribution is 7.10. The van der Waals surface area contributed by atoms with Gasteiger partial charge in [-0.2, -0.15) is 5.10 Å². The molecule has 0 aliphatic heterocycles. The SMILES string of the molecule is CCc1cc(C(NN)c2ccsc2C)n(C)n1. The van der Waals surface area contributed by atoms with Gasteiger partial charge in [-0.3, -0.25) is 10.5 Å². The smallest absolute Gasteiger partial charge is 0.0888 e. The van der Waals surface area contributed by atoms with Crippen molar-refractivity contribution in [2.75, 3.05) is 0 Å². The molecule has 0 spiro atoms. The Morgan fingerprint density at radius 3 is 2.82 bits per heavy atom. The Bertz CT molecular complexity index is 500. The molecule has 2 aromatic heterocycles. The van der Waals surface area contributed by atoms with Crippen LogP contribution >= 0.6 is 11.3 Å². The van der Waals surface area contributed by atoms with E-state index in [4.69, 9.17) is 5.84 Å². The van der Waals surface area contributed by atoms with Crippen molar-refractivity contribution in [3.05, 3.63) is 39.3 Å². The molecule has 92 valence electrons. The summed E-state index contributed by atoms with van der Waals surface area (Å²) in [5.74, 6) is 5.70. The van der Waals surface area contributed by atoms with Crippen LogP contribution < -0.4 is 11.3 Å². The summed E-state index contributed by atoms with van der Waals surface area (Å²) in [6.07, 6.45) is 0.938. The van der Waals surface area contributed by atoms with Crippen LogP contribution in [-0.2, 0) is 13.5 Å². The lowest BCUT2D eigenvalue weighted by Crippen LogP contribution is -2.30. The minimum atomic E-state index is 0.0130. The van der Waals surface area contributed by atoms with Crippen molar-refractivity contribution >= 4 is 11.3 Å². The van der Waals surface area contributed by atoms with Crippen LogP contribution in [0.3, 0.4) is 0 Å². The fourth-order valence-electron chi connectivity index (χ4n) is 2.02. The summed E-state index contributed by atoms with van der Waals surface area (Å²) in [5.41, 5.74) is 6.31. The van der Waals surface area contributed by atoms with Crippen LogP contribution in [0.15, 0.2) is 17.5 Å². The van der Waals surface area contributed by atoms with E-state index in [1.54, 1.807) is 11.3 Å². The number of nitrogens with zero attached hydrogens (tertiary/aromatic N) is 2. The Labute approximate surface area is 105 Å². The molecule has 3 N–H and O–H groups in total. The Balaban J connectivity index is 2.42. The van der Waals surface area contributed by atoms with E-state index in [-0.39, 0.29) is 6.04 Å². The monoisotopic (exact) mass is 250 g/mol. The van der Waals surface area contributed by atoms with Crippen LogP contribution in [0, 0.1) is 6.92 Å². The number of nitrogens with two attached hydrogens (primary N) is 1. The Hall–Kier alpha value is -1.17. The van der Waals surface area contributed by atoms with Gasteiger partial charge in [-0.05, 0) is 36.4 Å². The van der Waals surface area contributed by atoms with Crippen LogP contribution in [0.2, 0.25) is 0 Å². The molecule has 0 fully saturated rings. The molecule has 4 nitrogen and oxygen atoms in total. The van der Waals surface area contributed by atoms with Gasteiger partial charge in [0.1, 0.15) is 0 Å². The quantitative estimate of drug-likeness (QED) is 0.644. The van der Waals surface area contributed by atoms with Gasteiger partial charge in [0.15, 0.2) is 0 Å². The first-order valence-electron chi connectivity index (χ1n) is 5.70. The van der Waals surface area contributed by atoms with E-state index in [1.165, 1.54) is 10.4 Å². The van der Waals surface area contributed by atoms with Gasteiger partial charge in [0.05, 0.1) is 17.4 Å². The van der Waals surface area contributed by atoms with Gasteiger partial charge in [0, 0.05) is 11.9 Å². The lowest BCUT2D eigenvalue weighted by atomic mass is 10.1. The molecule has 0 radical (unpaired) electrons. The minimum absolute atomic E-state index is 0.0130. The standard InChI is InChI=1S/C12H18N4S/c1-4-9-7-11(16(3)15-9)12(14-13)10-5-6-17-8(10)2/h5-7,12,14H,4,13H2,1-3H3. The summed E-state index contributed by atoms with van der Waals surface area (Å²) in [6, 6.07) is 4.24.